The van der Waals surface area contributed by atoms with Gasteiger partial charge in [0.1, 0.15) is 0 Å². The van der Waals surface area contributed by atoms with Crippen LogP contribution < -0.4 is 10.5 Å². The summed E-state index contributed by atoms with van der Waals surface area (Å²) in [5.74, 6) is 0.565. The standard InChI is InChI=1S/C18H28N4O4S.HI/c1-3-20-18(22-10-8-15(9-11-22)17(23)26-4-2)21-13-14-6-5-7-16(12-14)27(19,24)25;/h5-7,12,15H,3-4,8-11,13H2,1-2H3,(H,20,21)(H2,19,24,25);1H. The SMILES string of the molecule is CCNC(=NCc1cccc(S(N)(=O)=O)c1)N1CCC(C(=O)OCC)CC1.I. The maximum absolute atomic E-state index is 11.9. The summed E-state index contributed by atoms with van der Waals surface area (Å²) in [6.07, 6.45) is 1.45. The second kappa shape index (κ2) is 11.6. The van der Waals surface area contributed by atoms with Gasteiger partial charge in [-0.15, -0.1) is 24.0 Å². The molecule has 8 nitrogen and oxygen atoms in total. The smallest absolute Gasteiger partial charge is 0.309 e. The number of rotatable bonds is 6. The Morgan fingerprint density at radius 3 is 2.57 bits per heavy atom. The number of aliphatic imine (C=N–C) groups is 1. The van der Waals surface area contributed by atoms with E-state index >= 15 is 0 Å². The van der Waals surface area contributed by atoms with Gasteiger partial charge in [0.25, 0.3) is 0 Å². The molecule has 1 aromatic carbocycles. The van der Waals surface area contributed by atoms with Gasteiger partial charge >= 0.3 is 5.97 Å². The Morgan fingerprint density at radius 1 is 1.32 bits per heavy atom. The quantitative estimate of drug-likeness (QED) is 0.254. The van der Waals surface area contributed by atoms with Crippen LogP contribution in [-0.2, 0) is 26.1 Å². The molecular formula is C18H29IN4O4S. The van der Waals surface area contributed by atoms with Crippen molar-refractivity contribution < 1.29 is 17.9 Å². The van der Waals surface area contributed by atoms with Crippen LogP contribution >= 0.6 is 24.0 Å². The van der Waals surface area contributed by atoms with E-state index in [0.29, 0.717) is 32.8 Å². The number of primary sulfonamides is 1. The number of likely N-dealkylation sites (tertiary alicyclic amines) is 1. The fourth-order valence-corrected chi connectivity index (χ4v) is 3.58. The molecule has 0 aromatic heterocycles. The van der Waals surface area contributed by atoms with Crippen molar-refractivity contribution >= 4 is 45.9 Å². The number of benzene rings is 1. The van der Waals surface area contributed by atoms with Crippen molar-refractivity contribution in [3.8, 4) is 0 Å². The van der Waals surface area contributed by atoms with Gasteiger partial charge in [-0.3, -0.25) is 4.79 Å². The van der Waals surface area contributed by atoms with Crippen LogP contribution in [-0.4, -0.2) is 51.5 Å². The van der Waals surface area contributed by atoms with E-state index in [1.54, 1.807) is 6.07 Å². The predicted octanol–water partition coefficient (Wildman–Crippen LogP) is 1.69. The van der Waals surface area contributed by atoms with Crippen molar-refractivity contribution in [3.63, 3.8) is 0 Å². The number of sulfonamides is 1. The number of ether oxygens (including phenoxy) is 1. The van der Waals surface area contributed by atoms with Crippen LogP contribution in [0.3, 0.4) is 0 Å². The highest BCUT2D eigenvalue weighted by Crippen LogP contribution is 2.19. The highest BCUT2D eigenvalue weighted by atomic mass is 127. The summed E-state index contributed by atoms with van der Waals surface area (Å²) >= 11 is 0. The van der Waals surface area contributed by atoms with Crippen molar-refractivity contribution in [1.29, 1.82) is 0 Å². The average molecular weight is 524 g/mol. The van der Waals surface area contributed by atoms with Gasteiger partial charge in [-0.05, 0) is 44.4 Å². The third-order valence-corrected chi connectivity index (χ3v) is 5.30. The van der Waals surface area contributed by atoms with Crippen molar-refractivity contribution in [3.05, 3.63) is 29.8 Å². The minimum absolute atomic E-state index is 0. The molecule has 0 unspecified atom stereocenters. The molecule has 1 aromatic rings. The van der Waals surface area contributed by atoms with Crippen LogP contribution in [0, 0.1) is 5.92 Å². The van der Waals surface area contributed by atoms with Gasteiger partial charge < -0.3 is 15.0 Å². The summed E-state index contributed by atoms with van der Waals surface area (Å²) in [6.45, 7) is 6.69. The Hall–Kier alpha value is -1.40. The molecule has 1 saturated heterocycles. The topological polar surface area (TPSA) is 114 Å². The van der Waals surface area contributed by atoms with Gasteiger partial charge in [-0.25, -0.2) is 18.5 Å². The summed E-state index contributed by atoms with van der Waals surface area (Å²) in [4.78, 5) is 18.7. The number of hydrogen-bond acceptors (Lipinski definition) is 5. The van der Waals surface area contributed by atoms with Crippen LogP contribution in [0.5, 0.6) is 0 Å². The molecule has 0 atom stereocenters. The van der Waals surface area contributed by atoms with E-state index in [2.05, 4.69) is 15.2 Å². The summed E-state index contributed by atoms with van der Waals surface area (Å²) in [5.41, 5.74) is 0.762. The average Bonchev–Trinajstić information content (AvgIpc) is 2.65. The van der Waals surface area contributed by atoms with E-state index in [1.165, 1.54) is 12.1 Å². The summed E-state index contributed by atoms with van der Waals surface area (Å²) < 4.78 is 28.1. The largest absolute Gasteiger partial charge is 0.466 e. The van der Waals surface area contributed by atoms with Gasteiger partial charge in [0.15, 0.2) is 5.96 Å². The van der Waals surface area contributed by atoms with Crippen LogP contribution in [0.2, 0.25) is 0 Å². The van der Waals surface area contributed by atoms with Crippen molar-refractivity contribution in [2.75, 3.05) is 26.2 Å². The Morgan fingerprint density at radius 2 is 2.00 bits per heavy atom. The second-order valence-corrected chi connectivity index (χ2v) is 7.94. The number of piperidine rings is 1. The lowest BCUT2D eigenvalue weighted by Crippen LogP contribution is -2.46. The van der Waals surface area contributed by atoms with E-state index in [0.717, 1.165) is 24.4 Å². The normalized spacial score (nSPS) is 15.7. The summed E-state index contributed by atoms with van der Waals surface area (Å²) in [6, 6.07) is 6.47. The lowest BCUT2D eigenvalue weighted by atomic mass is 9.97. The Balaban J connectivity index is 0.00000392. The zero-order valence-electron chi connectivity index (χ0n) is 16.3. The molecule has 0 spiro atoms. The van der Waals surface area contributed by atoms with Crippen LogP contribution in [0.15, 0.2) is 34.2 Å². The Kier molecular flexibility index (Phi) is 10.2. The van der Waals surface area contributed by atoms with Crippen molar-refractivity contribution in [2.24, 2.45) is 16.0 Å². The minimum atomic E-state index is -3.73. The molecule has 158 valence electrons. The number of hydrogen-bond donors (Lipinski definition) is 2. The fraction of sp³-hybridized carbons (Fsp3) is 0.556. The molecule has 1 aliphatic rings. The lowest BCUT2D eigenvalue weighted by molar-refractivity contribution is -0.149. The maximum Gasteiger partial charge on any atom is 0.309 e. The van der Waals surface area contributed by atoms with Gasteiger partial charge in [0.2, 0.25) is 10.0 Å². The molecule has 0 amide bonds. The molecule has 2 rings (SSSR count). The molecule has 1 heterocycles. The molecule has 0 bridgehead atoms. The van der Waals surface area contributed by atoms with Gasteiger partial charge in [-0.1, -0.05) is 12.1 Å². The predicted molar refractivity (Wildman–Crippen MR) is 119 cm³/mol. The van der Waals surface area contributed by atoms with Gasteiger partial charge in [0, 0.05) is 19.6 Å². The molecule has 0 aliphatic carbocycles. The van der Waals surface area contributed by atoms with E-state index < -0.39 is 10.0 Å². The van der Waals surface area contributed by atoms with E-state index in [4.69, 9.17) is 9.88 Å². The Labute approximate surface area is 184 Å². The summed E-state index contributed by atoms with van der Waals surface area (Å²) in [7, 11) is -3.73. The first-order chi connectivity index (χ1) is 12.8. The monoisotopic (exact) mass is 524 g/mol. The zero-order chi connectivity index (χ0) is 19.9. The molecule has 10 heteroatoms. The van der Waals surface area contributed by atoms with Crippen molar-refractivity contribution in [2.45, 2.75) is 38.1 Å². The Bertz CT molecular complexity index is 778. The molecular weight excluding hydrogens is 495 g/mol. The lowest BCUT2D eigenvalue weighted by Gasteiger charge is -2.33. The fourth-order valence-electron chi connectivity index (χ4n) is 3.00. The van der Waals surface area contributed by atoms with Crippen LogP contribution in [0.4, 0.5) is 0 Å². The number of guanidine groups is 1. The molecule has 1 aliphatic heterocycles. The maximum atomic E-state index is 11.9. The third kappa shape index (κ3) is 7.21. The number of nitrogens with two attached hydrogens (primary N) is 1. The zero-order valence-corrected chi connectivity index (χ0v) is 19.4. The highest BCUT2D eigenvalue weighted by Gasteiger charge is 2.27. The first-order valence-electron chi connectivity index (χ1n) is 9.16. The van der Waals surface area contributed by atoms with Crippen molar-refractivity contribution in [1.82, 2.24) is 10.2 Å². The third-order valence-electron chi connectivity index (χ3n) is 4.39. The molecule has 0 saturated carbocycles. The first kappa shape index (κ1) is 24.6. The summed E-state index contributed by atoms with van der Waals surface area (Å²) in [5, 5.41) is 8.44. The molecule has 0 radical (unpaired) electrons. The number of nitrogens with one attached hydrogen (secondary N) is 1. The van der Waals surface area contributed by atoms with E-state index in [-0.39, 0.29) is 40.8 Å². The number of nitrogens with zero attached hydrogens (tertiary/aromatic N) is 2. The van der Waals surface area contributed by atoms with Crippen LogP contribution in [0.25, 0.3) is 0 Å². The first-order valence-corrected chi connectivity index (χ1v) is 10.7. The number of carbonyl (C=O) groups excluding carboxylic acids is 1. The van der Waals surface area contributed by atoms with E-state index in [9.17, 15) is 13.2 Å². The van der Waals surface area contributed by atoms with Crippen LogP contribution in [0.1, 0.15) is 32.3 Å². The van der Waals surface area contributed by atoms with Gasteiger partial charge in [-0.2, -0.15) is 0 Å². The van der Waals surface area contributed by atoms with Gasteiger partial charge in [0.05, 0.1) is 24.0 Å². The number of halogens is 1. The highest BCUT2D eigenvalue weighted by molar-refractivity contribution is 14.0. The molecule has 1 fully saturated rings. The van der Waals surface area contributed by atoms with E-state index in [1.807, 2.05) is 19.9 Å². The minimum Gasteiger partial charge on any atom is -0.466 e. The molecule has 28 heavy (non-hydrogen) atoms. The second-order valence-electron chi connectivity index (χ2n) is 6.38. The molecule has 3 N–H and O–H groups in total. The number of carbonyl (C=O) groups is 1. The number of esters is 1.